The Labute approximate surface area is 156 Å². The molecule has 142 valence electrons. The van der Waals surface area contributed by atoms with Gasteiger partial charge in [-0.05, 0) is 37.3 Å². The van der Waals surface area contributed by atoms with Gasteiger partial charge in [-0.15, -0.1) is 0 Å². The van der Waals surface area contributed by atoms with Crippen molar-refractivity contribution in [2.45, 2.75) is 46.6 Å². The van der Waals surface area contributed by atoms with E-state index in [-0.39, 0.29) is 5.91 Å². The Morgan fingerprint density at radius 1 is 1.04 bits per heavy atom. The van der Waals surface area contributed by atoms with Crippen LogP contribution in [0.3, 0.4) is 0 Å². The molecule has 0 spiro atoms. The van der Waals surface area contributed by atoms with Crippen LogP contribution in [0, 0.1) is 11.8 Å². The van der Waals surface area contributed by atoms with E-state index in [1.54, 1.807) is 7.11 Å². The fourth-order valence-corrected chi connectivity index (χ4v) is 3.07. The first-order valence-corrected chi connectivity index (χ1v) is 9.28. The van der Waals surface area contributed by atoms with Gasteiger partial charge >= 0.3 is 0 Å². The Balaban J connectivity index is 2.33. The molecule has 1 N–H and O–H groups in total. The van der Waals surface area contributed by atoms with Gasteiger partial charge in [-0.3, -0.25) is 4.79 Å². The molecule has 1 atom stereocenters. The first-order chi connectivity index (χ1) is 12.3. The van der Waals surface area contributed by atoms with Gasteiger partial charge in [0.05, 0.1) is 6.61 Å². The Kier molecular flexibility index (Phi) is 6.65. The van der Waals surface area contributed by atoms with Crippen molar-refractivity contribution in [3.05, 3.63) is 36.4 Å². The largest absolute Gasteiger partial charge is 0.493 e. The van der Waals surface area contributed by atoms with E-state index in [9.17, 15) is 4.79 Å². The number of benzene rings is 2. The van der Waals surface area contributed by atoms with E-state index in [1.165, 1.54) is 0 Å². The minimum Gasteiger partial charge on any atom is -0.493 e. The number of methoxy groups -OCH3 is 1. The summed E-state index contributed by atoms with van der Waals surface area (Å²) in [7, 11) is 1.59. The van der Waals surface area contributed by atoms with Crippen LogP contribution in [0.1, 0.15) is 41.0 Å². The molecule has 4 nitrogen and oxygen atoms in total. The van der Waals surface area contributed by atoms with E-state index < -0.39 is 5.60 Å². The van der Waals surface area contributed by atoms with Crippen molar-refractivity contribution in [3.8, 4) is 5.75 Å². The third kappa shape index (κ3) is 4.76. The van der Waals surface area contributed by atoms with Crippen molar-refractivity contribution in [1.82, 2.24) is 0 Å². The molecule has 0 aromatic heterocycles. The molecule has 2 aromatic carbocycles. The lowest BCUT2D eigenvalue weighted by atomic mass is 9.93. The SMILES string of the molecule is CO[C@](C)(CC(C)C)C(=O)Nc1ccc(OCC(C)C)c2ccccc12. The predicted molar refractivity (Wildman–Crippen MR) is 108 cm³/mol. The molecule has 0 aliphatic heterocycles. The number of hydrogen-bond donors (Lipinski definition) is 1. The van der Waals surface area contributed by atoms with Gasteiger partial charge < -0.3 is 14.8 Å². The molecule has 0 unspecified atom stereocenters. The molecule has 0 aliphatic carbocycles. The minimum absolute atomic E-state index is 0.130. The van der Waals surface area contributed by atoms with Gasteiger partial charge in [0, 0.05) is 23.6 Å². The molecular formula is C22H31NO3. The number of carbonyl (C=O) groups excluding carboxylic acids is 1. The van der Waals surface area contributed by atoms with E-state index >= 15 is 0 Å². The summed E-state index contributed by atoms with van der Waals surface area (Å²) in [4.78, 5) is 12.9. The second-order valence-electron chi connectivity index (χ2n) is 7.85. The zero-order valence-corrected chi connectivity index (χ0v) is 16.8. The van der Waals surface area contributed by atoms with Crippen LogP contribution < -0.4 is 10.1 Å². The van der Waals surface area contributed by atoms with Gasteiger partial charge in [0.1, 0.15) is 11.4 Å². The van der Waals surface area contributed by atoms with Crippen LogP contribution in [0.15, 0.2) is 36.4 Å². The summed E-state index contributed by atoms with van der Waals surface area (Å²) in [5.74, 6) is 1.51. The van der Waals surface area contributed by atoms with Gasteiger partial charge in [0.25, 0.3) is 5.91 Å². The van der Waals surface area contributed by atoms with E-state index in [4.69, 9.17) is 9.47 Å². The topological polar surface area (TPSA) is 47.6 Å². The maximum Gasteiger partial charge on any atom is 0.256 e. The van der Waals surface area contributed by atoms with E-state index in [0.29, 0.717) is 24.9 Å². The standard InChI is InChI=1S/C22H31NO3/c1-15(2)13-22(5,25-6)21(24)23-19-11-12-20(26-14-16(3)4)18-10-8-7-9-17(18)19/h7-12,15-16H,13-14H2,1-6H3,(H,23,24)/t22-/m1/s1. The number of ether oxygens (including phenoxy) is 2. The van der Waals surface area contributed by atoms with Gasteiger partial charge in [-0.25, -0.2) is 0 Å². The lowest BCUT2D eigenvalue weighted by Crippen LogP contribution is -2.43. The summed E-state index contributed by atoms with van der Waals surface area (Å²) >= 11 is 0. The number of rotatable bonds is 8. The number of hydrogen-bond acceptors (Lipinski definition) is 3. The van der Waals surface area contributed by atoms with E-state index in [0.717, 1.165) is 22.2 Å². The maximum absolute atomic E-state index is 12.9. The maximum atomic E-state index is 12.9. The van der Waals surface area contributed by atoms with Crippen molar-refractivity contribution in [1.29, 1.82) is 0 Å². The minimum atomic E-state index is -0.859. The van der Waals surface area contributed by atoms with Crippen LogP contribution in [-0.4, -0.2) is 25.2 Å². The molecule has 2 aromatic rings. The van der Waals surface area contributed by atoms with E-state index in [1.807, 2.05) is 43.3 Å². The summed E-state index contributed by atoms with van der Waals surface area (Å²) in [6.45, 7) is 10.9. The number of carbonyl (C=O) groups is 1. The molecule has 4 heteroatoms. The molecule has 0 radical (unpaired) electrons. The normalized spacial score (nSPS) is 13.8. The molecule has 0 aliphatic rings. The highest BCUT2D eigenvalue weighted by molar-refractivity contribution is 6.06. The number of anilines is 1. The fourth-order valence-electron chi connectivity index (χ4n) is 3.07. The molecule has 26 heavy (non-hydrogen) atoms. The molecule has 0 bridgehead atoms. The molecule has 0 heterocycles. The number of nitrogens with one attached hydrogen (secondary N) is 1. The Bertz CT molecular complexity index is 754. The second kappa shape index (κ2) is 8.54. The lowest BCUT2D eigenvalue weighted by Gasteiger charge is -2.29. The van der Waals surface area contributed by atoms with Crippen molar-refractivity contribution in [2.24, 2.45) is 11.8 Å². The highest BCUT2D eigenvalue weighted by atomic mass is 16.5. The first kappa shape index (κ1) is 20.2. The molecule has 0 saturated carbocycles. The first-order valence-electron chi connectivity index (χ1n) is 9.28. The summed E-state index contributed by atoms with van der Waals surface area (Å²) < 4.78 is 11.5. The van der Waals surface area contributed by atoms with Crippen molar-refractivity contribution in [3.63, 3.8) is 0 Å². The van der Waals surface area contributed by atoms with Crippen LogP contribution in [-0.2, 0) is 9.53 Å². The van der Waals surface area contributed by atoms with Crippen molar-refractivity contribution in [2.75, 3.05) is 19.0 Å². The monoisotopic (exact) mass is 357 g/mol. The van der Waals surface area contributed by atoms with Gasteiger partial charge in [0.15, 0.2) is 0 Å². The number of amides is 1. The molecule has 0 saturated heterocycles. The van der Waals surface area contributed by atoms with Crippen LogP contribution in [0.2, 0.25) is 0 Å². The van der Waals surface area contributed by atoms with Crippen LogP contribution in [0.25, 0.3) is 10.8 Å². The third-order valence-electron chi connectivity index (χ3n) is 4.43. The summed E-state index contributed by atoms with van der Waals surface area (Å²) in [6.07, 6.45) is 0.656. The fraction of sp³-hybridized carbons (Fsp3) is 0.500. The highest BCUT2D eigenvalue weighted by Gasteiger charge is 2.34. The average molecular weight is 357 g/mol. The predicted octanol–water partition coefficient (Wildman–Crippen LogP) is 5.26. The molecule has 2 rings (SSSR count). The summed E-state index contributed by atoms with van der Waals surface area (Å²) in [5.41, 5.74) is -0.0863. The van der Waals surface area contributed by atoms with Gasteiger partial charge in [0.2, 0.25) is 0 Å². The molecule has 1 amide bonds. The number of fused-ring (bicyclic) bond motifs is 1. The lowest BCUT2D eigenvalue weighted by molar-refractivity contribution is -0.137. The Morgan fingerprint density at radius 3 is 2.27 bits per heavy atom. The molecular weight excluding hydrogens is 326 g/mol. The van der Waals surface area contributed by atoms with Crippen LogP contribution >= 0.6 is 0 Å². The summed E-state index contributed by atoms with van der Waals surface area (Å²) in [5, 5.41) is 5.01. The summed E-state index contributed by atoms with van der Waals surface area (Å²) in [6, 6.07) is 11.8. The van der Waals surface area contributed by atoms with E-state index in [2.05, 4.69) is 33.0 Å². The zero-order valence-electron chi connectivity index (χ0n) is 16.8. The van der Waals surface area contributed by atoms with Gasteiger partial charge in [-0.1, -0.05) is 52.0 Å². The van der Waals surface area contributed by atoms with Crippen molar-refractivity contribution < 1.29 is 14.3 Å². The van der Waals surface area contributed by atoms with Crippen molar-refractivity contribution >= 4 is 22.4 Å². The second-order valence-corrected chi connectivity index (χ2v) is 7.85. The smallest absolute Gasteiger partial charge is 0.256 e. The van der Waals surface area contributed by atoms with Crippen LogP contribution in [0.4, 0.5) is 5.69 Å². The Morgan fingerprint density at radius 2 is 1.69 bits per heavy atom. The third-order valence-corrected chi connectivity index (χ3v) is 4.43. The van der Waals surface area contributed by atoms with Gasteiger partial charge in [-0.2, -0.15) is 0 Å². The zero-order chi connectivity index (χ0) is 19.3. The molecule has 0 fully saturated rings. The quantitative estimate of drug-likeness (QED) is 0.700. The average Bonchev–Trinajstić information content (AvgIpc) is 2.60. The Hall–Kier alpha value is -2.07. The highest BCUT2D eigenvalue weighted by Crippen LogP contribution is 2.33. The van der Waals surface area contributed by atoms with Crippen LogP contribution in [0.5, 0.6) is 5.75 Å².